The second-order valence-electron chi connectivity index (χ2n) is 5.78. The van der Waals surface area contributed by atoms with E-state index in [0.29, 0.717) is 59.5 Å². The zero-order valence-electron chi connectivity index (χ0n) is 15.7. The molecule has 0 spiro atoms. The van der Waals surface area contributed by atoms with Gasteiger partial charge < -0.3 is 34.2 Å². The van der Waals surface area contributed by atoms with Crippen LogP contribution in [0, 0.1) is 0 Å². The van der Waals surface area contributed by atoms with Gasteiger partial charge in [0.25, 0.3) is 0 Å². The Morgan fingerprint density at radius 3 is 1.38 bits per heavy atom. The van der Waals surface area contributed by atoms with Crippen molar-refractivity contribution in [1.29, 1.82) is 0 Å². The van der Waals surface area contributed by atoms with Crippen LogP contribution in [0.2, 0.25) is 0 Å². The summed E-state index contributed by atoms with van der Waals surface area (Å²) in [5.41, 5.74) is 6.26. The van der Waals surface area contributed by atoms with Gasteiger partial charge in [0.05, 0.1) is 39.6 Å². The minimum absolute atomic E-state index is 0.301. The molecule has 0 unspecified atom stereocenters. The van der Waals surface area contributed by atoms with Crippen molar-refractivity contribution in [2.45, 2.75) is 31.2 Å². The summed E-state index contributed by atoms with van der Waals surface area (Å²) in [7, 11) is 5.00. The van der Waals surface area contributed by atoms with Crippen LogP contribution in [0.5, 0.6) is 0 Å². The Hall–Kier alpha value is -0.280. The summed E-state index contributed by atoms with van der Waals surface area (Å²) in [5, 5.41) is 0. The van der Waals surface area contributed by atoms with E-state index in [1.165, 1.54) is 0 Å². The lowest BCUT2D eigenvalue weighted by Gasteiger charge is -2.29. The highest BCUT2D eigenvalue weighted by Crippen LogP contribution is 2.19. The molecule has 0 aromatic heterocycles. The van der Waals surface area contributed by atoms with Crippen molar-refractivity contribution in [2.24, 2.45) is 5.73 Å². The van der Waals surface area contributed by atoms with Crippen molar-refractivity contribution in [1.82, 2.24) is 0 Å². The third kappa shape index (κ3) is 15.3. The fourth-order valence-electron chi connectivity index (χ4n) is 2.19. The summed E-state index contributed by atoms with van der Waals surface area (Å²) in [6, 6.07) is 0. The molecule has 0 amide bonds. The molecule has 0 saturated carbocycles. The van der Waals surface area contributed by atoms with Gasteiger partial charge in [0, 0.05) is 46.7 Å². The Morgan fingerprint density at radius 2 is 0.958 bits per heavy atom. The molecule has 0 saturated heterocycles. The van der Waals surface area contributed by atoms with Crippen molar-refractivity contribution in [2.75, 3.05) is 80.8 Å². The molecule has 0 aromatic carbocycles. The second-order valence-corrected chi connectivity index (χ2v) is 5.78. The van der Waals surface area contributed by atoms with E-state index < -0.39 is 0 Å². The van der Waals surface area contributed by atoms with E-state index in [9.17, 15) is 0 Å². The number of nitrogens with two attached hydrogens (primary N) is 1. The van der Waals surface area contributed by atoms with Gasteiger partial charge in [-0.3, -0.25) is 0 Å². The van der Waals surface area contributed by atoms with E-state index in [2.05, 4.69) is 0 Å². The van der Waals surface area contributed by atoms with Crippen LogP contribution in [0.4, 0.5) is 0 Å². The fourth-order valence-corrected chi connectivity index (χ4v) is 2.19. The normalized spacial score (nSPS) is 12.0. The highest BCUT2D eigenvalue weighted by atomic mass is 16.5. The van der Waals surface area contributed by atoms with Gasteiger partial charge in [-0.2, -0.15) is 0 Å². The van der Waals surface area contributed by atoms with Crippen molar-refractivity contribution in [3.63, 3.8) is 0 Å². The smallest absolute Gasteiger partial charge is 0.0700 e. The Kier molecular flexibility index (Phi) is 17.3. The van der Waals surface area contributed by atoms with Gasteiger partial charge in [-0.1, -0.05) is 0 Å². The molecule has 24 heavy (non-hydrogen) atoms. The Balaban J connectivity index is 4.00. The largest absolute Gasteiger partial charge is 0.382 e. The van der Waals surface area contributed by atoms with Crippen LogP contribution in [-0.4, -0.2) is 86.3 Å². The third-order valence-corrected chi connectivity index (χ3v) is 3.75. The van der Waals surface area contributed by atoms with E-state index in [-0.39, 0.29) is 5.54 Å². The molecule has 7 nitrogen and oxygen atoms in total. The summed E-state index contributed by atoms with van der Waals surface area (Å²) in [6.45, 7) is 5.58. The van der Waals surface area contributed by atoms with Crippen molar-refractivity contribution < 1.29 is 28.4 Å². The second kappa shape index (κ2) is 17.5. The molecule has 7 heteroatoms. The predicted molar refractivity (Wildman–Crippen MR) is 93.5 cm³/mol. The lowest BCUT2D eigenvalue weighted by Crippen LogP contribution is -2.42. The number of rotatable bonds is 19. The van der Waals surface area contributed by atoms with E-state index in [1.807, 2.05) is 0 Å². The fraction of sp³-hybridized carbons (Fsp3) is 1.00. The first-order valence-electron chi connectivity index (χ1n) is 8.67. The predicted octanol–water partition coefficient (Wildman–Crippen LogP) is 1.23. The van der Waals surface area contributed by atoms with Crippen LogP contribution in [0.3, 0.4) is 0 Å². The van der Waals surface area contributed by atoms with Crippen LogP contribution >= 0.6 is 0 Å². The zero-order valence-corrected chi connectivity index (χ0v) is 15.7. The monoisotopic (exact) mass is 351 g/mol. The van der Waals surface area contributed by atoms with E-state index in [4.69, 9.17) is 34.2 Å². The van der Waals surface area contributed by atoms with Crippen LogP contribution in [-0.2, 0) is 28.4 Å². The standard InChI is InChI=1S/C17H37NO6/c1-19-11-14-22-8-4-5-17(18,6-9-23-15-12-20-2)7-10-24-16-13-21-3/h4-16,18H2,1-3H3. The number of ether oxygens (including phenoxy) is 6. The first-order chi connectivity index (χ1) is 11.7. The Morgan fingerprint density at radius 1 is 0.542 bits per heavy atom. The molecule has 0 aromatic rings. The summed E-state index contributed by atoms with van der Waals surface area (Å²) >= 11 is 0. The molecular weight excluding hydrogens is 314 g/mol. The Labute approximate surface area is 147 Å². The number of hydrogen-bond acceptors (Lipinski definition) is 7. The lowest BCUT2D eigenvalue weighted by atomic mass is 9.88. The van der Waals surface area contributed by atoms with Gasteiger partial charge in [-0.25, -0.2) is 0 Å². The van der Waals surface area contributed by atoms with Gasteiger partial charge in [-0.05, 0) is 25.7 Å². The van der Waals surface area contributed by atoms with Gasteiger partial charge in [0.15, 0.2) is 0 Å². The molecule has 0 fully saturated rings. The molecule has 0 aliphatic heterocycles. The molecule has 0 aliphatic rings. The van der Waals surface area contributed by atoms with E-state index >= 15 is 0 Å². The summed E-state index contributed by atoms with van der Waals surface area (Å²) in [4.78, 5) is 0. The maximum Gasteiger partial charge on any atom is 0.0700 e. The molecule has 0 radical (unpaired) electrons. The highest BCUT2D eigenvalue weighted by molar-refractivity contribution is 4.84. The quantitative estimate of drug-likeness (QED) is 0.351. The maximum absolute atomic E-state index is 6.57. The topological polar surface area (TPSA) is 81.4 Å². The third-order valence-electron chi connectivity index (χ3n) is 3.75. The summed E-state index contributed by atoms with van der Waals surface area (Å²) in [6.07, 6.45) is 3.38. The first kappa shape index (κ1) is 23.7. The first-order valence-corrected chi connectivity index (χ1v) is 8.67. The number of hydrogen-bond donors (Lipinski definition) is 1. The van der Waals surface area contributed by atoms with E-state index in [0.717, 1.165) is 25.7 Å². The molecule has 0 heterocycles. The summed E-state index contributed by atoms with van der Waals surface area (Å²) < 4.78 is 31.5. The van der Waals surface area contributed by atoms with Crippen LogP contribution in [0.25, 0.3) is 0 Å². The molecular formula is C17H37NO6. The van der Waals surface area contributed by atoms with E-state index in [1.54, 1.807) is 21.3 Å². The van der Waals surface area contributed by atoms with Crippen LogP contribution < -0.4 is 5.73 Å². The highest BCUT2D eigenvalue weighted by Gasteiger charge is 2.24. The van der Waals surface area contributed by atoms with Gasteiger partial charge in [0.1, 0.15) is 0 Å². The summed E-state index contributed by atoms with van der Waals surface area (Å²) in [5.74, 6) is 0. The number of methoxy groups -OCH3 is 3. The van der Waals surface area contributed by atoms with Gasteiger partial charge in [-0.15, -0.1) is 0 Å². The van der Waals surface area contributed by atoms with Gasteiger partial charge >= 0.3 is 0 Å². The minimum Gasteiger partial charge on any atom is -0.382 e. The van der Waals surface area contributed by atoms with Crippen molar-refractivity contribution in [3.05, 3.63) is 0 Å². The van der Waals surface area contributed by atoms with Crippen molar-refractivity contribution in [3.8, 4) is 0 Å². The van der Waals surface area contributed by atoms with Crippen LogP contribution in [0.1, 0.15) is 25.7 Å². The molecule has 2 N–H and O–H groups in total. The van der Waals surface area contributed by atoms with Crippen molar-refractivity contribution >= 4 is 0 Å². The molecule has 0 rings (SSSR count). The zero-order chi connectivity index (χ0) is 17.9. The molecule has 0 bridgehead atoms. The van der Waals surface area contributed by atoms with Gasteiger partial charge in [0.2, 0.25) is 0 Å². The van der Waals surface area contributed by atoms with Crippen LogP contribution in [0.15, 0.2) is 0 Å². The molecule has 0 atom stereocenters. The average molecular weight is 351 g/mol. The lowest BCUT2D eigenvalue weighted by molar-refractivity contribution is 0.0388. The molecule has 146 valence electrons. The maximum atomic E-state index is 6.57. The Bertz CT molecular complexity index is 241. The SMILES string of the molecule is COCCOCCCC(N)(CCOCCOC)CCOCCOC. The minimum atomic E-state index is -0.301. The molecule has 0 aliphatic carbocycles. The average Bonchev–Trinajstić information content (AvgIpc) is 2.58.